The molecule has 2 aliphatic heterocycles. The van der Waals surface area contributed by atoms with E-state index in [1.54, 1.807) is 0 Å². The summed E-state index contributed by atoms with van der Waals surface area (Å²) in [6.45, 7) is 9.82. The smallest absolute Gasteiger partial charge is 0.0878 e. The maximum absolute atomic E-state index is 6.01. The largest absolute Gasteiger partial charge is 0.370 e. The summed E-state index contributed by atoms with van der Waals surface area (Å²) in [5.41, 5.74) is 0.429. The Hall–Kier alpha value is -0.0800. The quantitative estimate of drug-likeness (QED) is 0.667. The molecule has 0 bridgehead atoms. The number of rotatable bonds is 1. The summed E-state index contributed by atoms with van der Waals surface area (Å²) in [4.78, 5) is 0. The van der Waals surface area contributed by atoms with Crippen molar-refractivity contribution < 1.29 is 9.47 Å². The fraction of sp³-hybridized carbons (Fsp3) is 1.00. The van der Waals surface area contributed by atoms with Gasteiger partial charge >= 0.3 is 0 Å². The van der Waals surface area contributed by atoms with Crippen molar-refractivity contribution in [1.29, 1.82) is 0 Å². The zero-order valence-electron chi connectivity index (χ0n) is 12.1. The molecule has 0 aromatic carbocycles. The first-order valence-electron chi connectivity index (χ1n) is 7.79. The fourth-order valence-electron chi connectivity index (χ4n) is 5.00. The Bertz CT molecular complexity index is 364. The van der Waals surface area contributed by atoms with E-state index in [0.717, 1.165) is 23.7 Å². The van der Waals surface area contributed by atoms with Crippen LogP contribution in [0.3, 0.4) is 0 Å². The minimum absolute atomic E-state index is 0.429. The molecule has 2 nitrogen and oxygen atoms in total. The van der Waals surface area contributed by atoms with Crippen LogP contribution in [0.5, 0.6) is 0 Å². The molecule has 2 saturated heterocycles. The molecule has 0 aromatic rings. The van der Waals surface area contributed by atoms with Gasteiger partial charge in [-0.05, 0) is 48.3 Å². The lowest BCUT2D eigenvalue weighted by atomic mass is 9.55. The van der Waals surface area contributed by atoms with Crippen molar-refractivity contribution >= 4 is 0 Å². The zero-order chi connectivity index (χ0) is 12.7. The van der Waals surface area contributed by atoms with Gasteiger partial charge in [-0.15, -0.1) is 0 Å². The van der Waals surface area contributed by atoms with Crippen LogP contribution in [0.4, 0.5) is 0 Å². The zero-order valence-corrected chi connectivity index (χ0v) is 12.1. The molecule has 4 rings (SSSR count). The first-order valence-corrected chi connectivity index (χ1v) is 7.79. The van der Waals surface area contributed by atoms with Gasteiger partial charge in [0.05, 0.1) is 24.4 Å². The van der Waals surface area contributed by atoms with Crippen molar-refractivity contribution in [2.45, 2.75) is 71.4 Å². The second-order valence-corrected chi connectivity index (χ2v) is 7.95. The van der Waals surface area contributed by atoms with E-state index in [-0.39, 0.29) is 0 Å². The normalized spacial score (nSPS) is 60.7. The molecule has 2 heteroatoms. The van der Waals surface area contributed by atoms with E-state index in [1.807, 2.05) is 0 Å². The van der Waals surface area contributed by atoms with Gasteiger partial charge in [-0.2, -0.15) is 0 Å². The van der Waals surface area contributed by atoms with Gasteiger partial charge in [-0.25, -0.2) is 0 Å². The van der Waals surface area contributed by atoms with Crippen molar-refractivity contribution in [3.63, 3.8) is 0 Å². The van der Waals surface area contributed by atoms with Gasteiger partial charge in [-0.1, -0.05) is 27.7 Å². The van der Waals surface area contributed by atoms with Gasteiger partial charge in [0.25, 0.3) is 0 Å². The number of epoxide rings is 2. The molecule has 102 valence electrons. The Labute approximate surface area is 110 Å². The first-order chi connectivity index (χ1) is 8.48. The Morgan fingerprint density at radius 2 is 1.61 bits per heavy atom. The molecule has 8 unspecified atom stereocenters. The Morgan fingerprint density at radius 3 is 2.39 bits per heavy atom. The molecule has 2 aliphatic carbocycles. The summed E-state index contributed by atoms with van der Waals surface area (Å²) >= 11 is 0. The molecule has 4 fully saturated rings. The highest BCUT2D eigenvalue weighted by molar-refractivity contribution is 5.09. The van der Waals surface area contributed by atoms with Crippen molar-refractivity contribution in [2.24, 2.45) is 29.1 Å². The average Bonchev–Trinajstić information content (AvgIpc) is 3.15. The van der Waals surface area contributed by atoms with Crippen LogP contribution in [0.25, 0.3) is 0 Å². The third kappa shape index (κ3) is 1.54. The minimum atomic E-state index is 0.429. The summed E-state index contributed by atoms with van der Waals surface area (Å²) in [7, 11) is 0. The van der Waals surface area contributed by atoms with Crippen LogP contribution in [0, 0.1) is 29.1 Å². The predicted octanol–water partition coefficient (Wildman–Crippen LogP) is 3.25. The van der Waals surface area contributed by atoms with Crippen molar-refractivity contribution in [3.8, 4) is 0 Å². The van der Waals surface area contributed by atoms with Gasteiger partial charge in [-0.3, -0.25) is 0 Å². The number of fused-ring (bicyclic) bond motifs is 2. The van der Waals surface area contributed by atoms with E-state index >= 15 is 0 Å². The van der Waals surface area contributed by atoms with Crippen LogP contribution in [0.1, 0.15) is 47.0 Å². The summed E-state index contributed by atoms with van der Waals surface area (Å²) < 4.78 is 11.8. The third-order valence-electron chi connectivity index (χ3n) is 6.68. The Balaban J connectivity index is 1.61. The highest BCUT2D eigenvalue weighted by Gasteiger charge is 2.62. The molecule has 0 radical (unpaired) electrons. The lowest BCUT2D eigenvalue weighted by Crippen LogP contribution is -2.46. The summed E-state index contributed by atoms with van der Waals surface area (Å²) in [6, 6.07) is 0. The molecule has 0 spiro atoms. The molecule has 8 atom stereocenters. The fourth-order valence-corrected chi connectivity index (χ4v) is 5.00. The predicted molar refractivity (Wildman–Crippen MR) is 70.3 cm³/mol. The SMILES string of the molecule is CC1CC2OC2CC1C1C2OC2CC(C)C1(C)C. The van der Waals surface area contributed by atoms with Gasteiger partial charge in [0.15, 0.2) is 0 Å². The Morgan fingerprint density at radius 1 is 0.889 bits per heavy atom. The van der Waals surface area contributed by atoms with Crippen LogP contribution in [-0.4, -0.2) is 24.4 Å². The van der Waals surface area contributed by atoms with E-state index in [9.17, 15) is 0 Å². The molecule has 18 heavy (non-hydrogen) atoms. The molecule has 0 amide bonds. The lowest BCUT2D eigenvalue weighted by molar-refractivity contribution is 0.00970. The summed E-state index contributed by atoms with van der Waals surface area (Å²) in [6.07, 6.45) is 6.21. The highest BCUT2D eigenvalue weighted by Crippen LogP contribution is 2.60. The van der Waals surface area contributed by atoms with E-state index in [1.165, 1.54) is 19.3 Å². The second kappa shape index (κ2) is 3.52. The van der Waals surface area contributed by atoms with Gasteiger partial charge in [0, 0.05) is 0 Å². The number of ether oxygens (including phenoxy) is 2. The molecule has 2 saturated carbocycles. The first kappa shape index (κ1) is 11.7. The molecular formula is C16H26O2. The van der Waals surface area contributed by atoms with Crippen LogP contribution in [0.2, 0.25) is 0 Å². The van der Waals surface area contributed by atoms with E-state index < -0.39 is 0 Å². The second-order valence-electron chi connectivity index (χ2n) is 7.95. The minimum Gasteiger partial charge on any atom is -0.370 e. The number of hydrogen-bond acceptors (Lipinski definition) is 2. The average molecular weight is 250 g/mol. The van der Waals surface area contributed by atoms with Crippen molar-refractivity contribution in [1.82, 2.24) is 0 Å². The summed E-state index contributed by atoms with van der Waals surface area (Å²) in [5, 5.41) is 0. The lowest BCUT2D eigenvalue weighted by Gasteiger charge is -2.48. The van der Waals surface area contributed by atoms with E-state index in [2.05, 4.69) is 27.7 Å². The monoisotopic (exact) mass is 250 g/mol. The maximum Gasteiger partial charge on any atom is 0.0878 e. The van der Waals surface area contributed by atoms with Crippen LogP contribution in [-0.2, 0) is 9.47 Å². The van der Waals surface area contributed by atoms with Crippen molar-refractivity contribution in [2.75, 3.05) is 0 Å². The third-order valence-corrected chi connectivity index (χ3v) is 6.68. The molecule has 2 heterocycles. The van der Waals surface area contributed by atoms with E-state index in [4.69, 9.17) is 9.47 Å². The van der Waals surface area contributed by atoms with Gasteiger partial charge in [0.1, 0.15) is 0 Å². The summed E-state index contributed by atoms with van der Waals surface area (Å²) in [5.74, 6) is 3.18. The molecule has 0 aromatic heterocycles. The van der Waals surface area contributed by atoms with Crippen LogP contribution >= 0.6 is 0 Å². The molecule has 4 aliphatic rings. The van der Waals surface area contributed by atoms with Gasteiger partial charge in [0.2, 0.25) is 0 Å². The Kier molecular flexibility index (Phi) is 2.29. The molecular weight excluding hydrogens is 224 g/mol. The van der Waals surface area contributed by atoms with E-state index in [0.29, 0.717) is 29.8 Å². The standard InChI is InChI=1S/C16H26O2/c1-8-5-11-12(17-11)7-10(8)14-15-13(18-15)6-9(2)16(14,3)4/h8-15H,5-7H2,1-4H3. The van der Waals surface area contributed by atoms with Gasteiger partial charge < -0.3 is 9.47 Å². The topological polar surface area (TPSA) is 25.1 Å². The maximum atomic E-state index is 6.01. The highest BCUT2D eigenvalue weighted by atomic mass is 16.6. The van der Waals surface area contributed by atoms with Crippen molar-refractivity contribution in [3.05, 3.63) is 0 Å². The van der Waals surface area contributed by atoms with Crippen LogP contribution in [0.15, 0.2) is 0 Å². The van der Waals surface area contributed by atoms with Crippen LogP contribution < -0.4 is 0 Å². The number of hydrogen-bond donors (Lipinski definition) is 0. The molecule has 0 N–H and O–H groups in total.